The van der Waals surface area contributed by atoms with Gasteiger partial charge >= 0.3 is 11.9 Å². The number of likely N-dealkylation sites (tertiary alicyclic amines) is 2. The Bertz CT molecular complexity index is 1210. The largest absolute Gasteiger partial charge is 0.467 e. The molecule has 0 radical (unpaired) electrons. The first-order valence-corrected chi connectivity index (χ1v) is 16.9. The second kappa shape index (κ2) is 14.6. The molecule has 7 nitrogen and oxygen atoms in total. The summed E-state index contributed by atoms with van der Waals surface area (Å²) in [5, 5.41) is 0. The van der Waals surface area contributed by atoms with Crippen LogP contribution in [0.2, 0.25) is 0 Å². The predicted octanol–water partition coefficient (Wildman–Crippen LogP) is 5.83. The summed E-state index contributed by atoms with van der Waals surface area (Å²) in [5.74, 6) is 0.948. The van der Waals surface area contributed by atoms with Crippen LogP contribution in [0.15, 0.2) is 60.7 Å². The molecule has 0 aliphatic carbocycles. The normalized spacial score (nSPS) is 28.5. The molecular weight excluding hydrogens is 550 g/mol. The summed E-state index contributed by atoms with van der Waals surface area (Å²) in [6.07, 6.45) is 8.38. The number of piperidine rings is 5. The van der Waals surface area contributed by atoms with Crippen LogP contribution < -0.4 is 0 Å². The van der Waals surface area contributed by atoms with E-state index in [1.807, 2.05) is 55.5 Å². The minimum absolute atomic E-state index is 0.0562. The van der Waals surface area contributed by atoms with Crippen molar-refractivity contribution in [2.24, 2.45) is 11.8 Å². The van der Waals surface area contributed by atoms with Crippen molar-refractivity contribution in [3.05, 3.63) is 71.8 Å². The van der Waals surface area contributed by atoms with E-state index in [0.29, 0.717) is 11.8 Å². The Labute approximate surface area is 264 Å². The lowest BCUT2D eigenvalue weighted by Crippen LogP contribution is -2.57. The summed E-state index contributed by atoms with van der Waals surface area (Å²) in [5.41, 5.74) is 0.720. The first-order valence-electron chi connectivity index (χ1n) is 16.9. The number of hydrogen-bond donors (Lipinski definition) is 0. The molecule has 5 heterocycles. The Morgan fingerprint density at radius 2 is 1.23 bits per heavy atom. The molecule has 0 aromatic heterocycles. The van der Waals surface area contributed by atoms with Gasteiger partial charge in [-0.1, -0.05) is 74.0 Å². The van der Waals surface area contributed by atoms with Crippen LogP contribution in [0.4, 0.5) is 0 Å². The van der Waals surface area contributed by atoms with E-state index in [4.69, 9.17) is 9.47 Å². The molecule has 2 unspecified atom stereocenters. The van der Waals surface area contributed by atoms with Crippen LogP contribution >= 0.6 is 0 Å². The van der Waals surface area contributed by atoms with Gasteiger partial charge in [0.15, 0.2) is 0 Å². The fourth-order valence-corrected chi connectivity index (χ4v) is 7.82. The smallest absolute Gasteiger partial charge is 0.331 e. The average Bonchev–Trinajstić information content (AvgIpc) is 3.09. The highest BCUT2D eigenvalue weighted by molar-refractivity contribution is 5.83. The molecule has 5 aliphatic rings. The number of carbonyl (C=O) groups excluding carboxylic acids is 2. The molecule has 44 heavy (non-hydrogen) atoms. The molecule has 0 spiro atoms. The van der Waals surface area contributed by atoms with Crippen LogP contribution in [0.1, 0.15) is 76.8 Å². The van der Waals surface area contributed by atoms with Gasteiger partial charge < -0.3 is 9.47 Å². The number of carbonyl (C=O) groups is 2. The standard InChI is InChI=1S/C21H30N2O2.C16H23NO2/c1-21(18-8-4-2-5-9-18,23-12-6-3-7-13-23)20(24)25-19-16-22-14-10-17(19)11-15-22;1-13-8-7-11-17(12-13)16(2,15(18)19-3)14-9-5-4-6-10-14/h2,4-5,8-9,17,19H,3,6-7,10-16H2,1H3;4-6,9-10,13H,7-8,11-12H2,1-3H3/t19-,21-;/m0./s1. The molecule has 7 heteroatoms. The van der Waals surface area contributed by atoms with Gasteiger partial charge in [-0.3, -0.25) is 14.7 Å². The Morgan fingerprint density at radius 3 is 1.73 bits per heavy atom. The van der Waals surface area contributed by atoms with E-state index < -0.39 is 11.1 Å². The minimum Gasteiger partial charge on any atom is -0.467 e. The van der Waals surface area contributed by atoms with Crippen molar-refractivity contribution in [1.29, 1.82) is 0 Å². The van der Waals surface area contributed by atoms with E-state index >= 15 is 0 Å². The molecule has 5 aliphatic heterocycles. The first kappa shape index (κ1) is 32.6. The van der Waals surface area contributed by atoms with Gasteiger partial charge in [-0.15, -0.1) is 0 Å². The molecule has 0 saturated carbocycles. The number of methoxy groups -OCH3 is 1. The number of nitrogens with zero attached hydrogens (tertiary/aromatic N) is 3. The van der Waals surface area contributed by atoms with Gasteiger partial charge in [0.05, 0.1) is 7.11 Å². The van der Waals surface area contributed by atoms with Crippen LogP contribution in [0.3, 0.4) is 0 Å². The van der Waals surface area contributed by atoms with Crippen molar-refractivity contribution in [3.8, 4) is 0 Å². The maximum atomic E-state index is 13.4. The highest BCUT2D eigenvalue weighted by atomic mass is 16.5. The lowest BCUT2D eigenvalue weighted by molar-refractivity contribution is -0.174. The van der Waals surface area contributed by atoms with E-state index in [-0.39, 0.29) is 18.0 Å². The Kier molecular flexibility index (Phi) is 10.8. The summed E-state index contributed by atoms with van der Waals surface area (Å²) in [7, 11) is 1.47. The molecule has 2 bridgehead atoms. The predicted molar refractivity (Wildman–Crippen MR) is 174 cm³/mol. The summed E-state index contributed by atoms with van der Waals surface area (Å²) in [4.78, 5) is 32.9. The molecular formula is C37H53N3O4. The van der Waals surface area contributed by atoms with E-state index in [1.54, 1.807) is 0 Å². The van der Waals surface area contributed by atoms with Crippen LogP contribution in [-0.2, 0) is 30.1 Å². The topological polar surface area (TPSA) is 62.3 Å². The van der Waals surface area contributed by atoms with Crippen molar-refractivity contribution < 1.29 is 19.1 Å². The monoisotopic (exact) mass is 603 g/mol. The molecule has 0 amide bonds. The van der Waals surface area contributed by atoms with Gasteiger partial charge in [0.1, 0.15) is 17.2 Å². The lowest BCUT2D eigenvalue weighted by Gasteiger charge is -2.46. The Morgan fingerprint density at radius 1 is 0.682 bits per heavy atom. The van der Waals surface area contributed by atoms with Gasteiger partial charge in [0, 0.05) is 13.1 Å². The van der Waals surface area contributed by atoms with Crippen molar-refractivity contribution >= 4 is 11.9 Å². The van der Waals surface area contributed by atoms with Gasteiger partial charge in [-0.05, 0) is 108 Å². The molecule has 2 aromatic carbocycles. The van der Waals surface area contributed by atoms with E-state index in [1.165, 1.54) is 45.9 Å². The van der Waals surface area contributed by atoms with Crippen molar-refractivity contribution in [3.63, 3.8) is 0 Å². The fourth-order valence-electron chi connectivity index (χ4n) is 7.82. The quantitative estimate of drug-likeness (QED) is 0.369. The number of esters is 2. The van der Waals surface area contributed by atoms with Crippen molar-refractivity contribution in [2.45, 2.75) is 82.9 Å². The third-order valence-corrected chi connectivity index (χ3v) is 10.8. The number of fused-ring (bicyclic) bond motifs is 3. The van der Waals surface area contributed by atoms with Gasteiger partial charge in [0.25, 0.3) is 0 Å². The van der Waals surface area contributed by atoms with E-state index in [2.05, 4.69) is 40.7 Å². The van der Waals surface area contributed by atoms with Crippen LogP contribution in [-0.4, -0.2) is 85.7 Å². The van der Waals surface area contributed by atoms with Crippen molar-refractivity contribution in [1.82, 2.24) is 14.7 Å². The summed E-state index contributed by atoms with van der Waals surface area (Å²) in [6.45, 7) is 13.4. The molecule has 0 N–H and O–H groups in total. The minimum atomic E-state index is -0.676. The van der Waals surface area contributed by atoms with Gasteiger partial charge in [0.2, 0.25) is 0 Å². The maximum absolute atomic E-state index is 13.4. The highest BCUT2D eigenvalue weighted by Gasteiger charge is 2.46. The number of rotatable bonds is 7. The Hall–Kier alpha value is -2.74. The molecule has 4 atom stereocenters. The molecule has 240 valence electrons. The second-order valence-corrected chi connectivity index (χ2v) is 13.7. The summed E-state index contributed by atoms with van der Waals surface area (Å²) < 4.78 is 11.3. The number of hydrogen-bond acceptors (Lipinski definition) is 7. The van der Waals surface area contributed by atoms with Crippen LogP contribution in [0.25, 0.3) is 0 Å². The summed E-state index contributed by atoms with van der Waals surface area (Å²) in [6, 6.07) is 20.2. The zero-order valence-corrected chi connectivity index (χ0v) is 27.4. The molecule has 2 aromatic rings. The fraction of sp³-hybridized carbons (Fsp3) is 0.622. The number of ether oxygens (including phenoxy) is 2. The first-order chi connectivity index (χ1) is 21.3. The zero-order valence-electron chi connectivity index (χ0n) is 27.4. The lowest BCUT2D eigenvalue weighted by atomic mass is 9.85. The molecule has 7 rings (SSSR count). The van der Waals surface area contributed by atoms with Crippen molar-refractivity contribution in [2.75, 3.05) is 52.9 Å². The van der Waals surface area contributed by atoms with E-state index in [0.717, 1.165) is 63.1 Å². The van der Waals surface area contributed by atoms with Crippen LogP contribution in [0.5, 0.6) is 0 Å². The number of benzene rings is 2. The SMILES string of the molecule is COC(=O)C(C)(c1ccccc1)N1CCCC(C)C1.C[C@@](C(=O)O[C@H]1CN2CCC1CC2)(c1ccccc1)N1CCCCC1. The van der Waals surface area contributed by atoms with E-state index in [9.17, 15) is 9.59 Å². The van der Waals surface area contributed by atoms with Gasteiger partial charge in [-0.25, -0.2) is 9.59 Å². The Balaban J connectivity index is 0.000000182. The second-order valence-electron chi connectivity index (χ2n) is 13.7. The molecule has 5 saturated heterocycles. The maximum Gasteiger partial charge on any atom is 0.331 e. The van der Waals surface area contributed by atoms with Crippen LogP contribution in [0, 0.1) is 11.8 Å². The molecule has 5 fully saturated rings. The summed E-state index contributed by atoms with van der Waals surface area (Å²) >= 11 is 0. The average molecular weight is 604 g/mol. The third-order valence-electron chi connectivity index (χ3n) is 10.8. The zero-order chi connectivity index (χ0) is 31.2. The third kappa shape index (κ3) is 6.90. The highest BCUT2D eigenvalue weighted by Crippen LogP contribution is 2.36. The van der Waals surface area contributed by atoms with Gasteiger partial charge in [-0.2, -0.15) is 0 Å².